The molecule has 36 valence electrons. The van der Waals surface area contributed by atoms with Crippen molar-refractivity contribution in [2.24, 2.45) is 0 Å². The second-order valence-corrected chi connectivity index (χ2v) is 2.97. The monoisotopic (exact) mass is 125 g/mol. The van der Waals surface area contributed by atoms with Crippen molar-refractivity contribution in [1.82, 2.24) is 5.09 Å². The lowest BCUT2D eigenvalue weighted by molar-refractivity contribution is 0.404. The molecule has 1 rings (SSSR count). The minimum absolute atomic E-state index is 0.743. The summed E-state index contributed by atoms with van der Waals surface area (Å²) >= 11 is 5.44. The van der Waals surface area contributed by atoms with Gasteiger partial charge < -0.3 is 4.52 Å². The molecule has 0 radical (unpaired) electrons. The van der Waals surface area contributed by atoms with Gasteiger partial charge in [-0.2, -0.15) is 0 Å². The molecule has 4 heteroatoms. The Balaban J connectivity index is 2.18. The zero-order valence-corrected chi connectivity index (χ0v) is 4.80. The van der Waals surface area contributed by atoms with Crippen molar-refractivity contribution in [3.8, 4) is 0 Å². The van der Waals surface area contributed by atoms with Crippen molar-refractivity contribution in [3.05, 3.63) is 0 Å². The van der Waals surface area contributed by atoms with E-state index in [1.807, 2.05) is 0 Å². The fraction of sp³-hybridized carbons (Fsp3) is 1.00. The summed E-state index contributed by atoms with van der Waals surface area (Å²) in [5, 5.41) is 2.93. The molecule has 1 fully saturated rings. The predicted octanol–water partition coefficient (Wildman–Crippen LogP) is 1.07. The molecule has 0 aromatic rings. The standard InChI is InChI=1S/C2H5ClNOP/c3-6-4-1-2-5-6/h4H,1-2H2. The first-order valence-electron chi connectivity index (χ1n) is 1.72. The van der Waals surface area contributed by atoms with Gasteiger partial charge in [-0.3, -0.25) is 5.09 Å². The molecule has 0 bridgehead atoms. The summed E-state index contributed by atoms with van der Waals surface area (Å²) in [6.07, 6.45) is 0. The zero-order chi connectivity index (χ0) is 4.41. The lowest BCUT2D eigenvalue weighted by atomic mass is 10.8. The molecular formula is C2H5ClNOP. The lowest BCUT2D eigenvalue weighted by Gasteiger charge is -1.91. The van der Waals surface area contributed by atoms with Crippen LogP contribution in [0.2, 0.25) is 0 Å². The van der Waals surface area contributed by atoms with Gasteiger partial charge in [-0.1, -0.05) is 0 Å². The average molecular weight is 125 g/mol. The minimum atomic E-state index is -0.743. The third kappa shape index (κ3) is 1.05. The van der Waals surface area contributed by atoms with Gasteiger partial charge in [0.15, 0.2) is 0 Å². The van der Waals surface area contributed by atoms with E-state index < -0.39 is 7.65 Å². The van der Waals surface area contributed by atoms with Crippen LogP contribution in [0.15, 0.2) is 0 Å². The van der Waals surface area contributed by atoms with E-state index in [1.165, 1.54) is 0 Å². The summed E-state index contributed by atoms with van der Waals surface area (Å²) in [6.45, 7) is 1.68. The molecule has 0 aromatic heterocycles. The third-order valence-corrected chi connectivity index (χ3v) is 2.08. The fourth-order valence-corrected chi connectivity index (χ4v) is 1.38. The first-order valence-corrected chi connectivity index (χ1v) is 3.88. The van der Waals surface area contributed by atoms with Gasteiger partial charge in [0.05, 0.1) is 6.61 Å². The molecule has 1 unspecified atom stereocenters. The lowest BCUT2D eigenvalue weighted by Crippen LogP contribution is -1.96. The molecule has 1 aliphatic heterocycles. The maximum Gasteiger partial charge on any atom is 0.204 e. The van der Waals surface area contributed by atoms with E-state index in [0.29, 0.717) is 0 Å². The summed E-state index contributed by atoms with van der Waals surface area (Å²) in [5.41, 5.74) is 0. The summed E-state index contributed by atoms with van der Waals surface area (Å²) < 4.78 is 4.87. The molecule has 1 saturated heterocycles. The molecule has 0 aliphatic carbocycles. The van der Waals surface area contributed by atoms with E-state index in [1.54, 1.807) is 0 Å². The molecular weight excluding hydrogens is 120 g/mol. The fourth-order valence-electron chi connectivity index (χ4n) is 0.305. The van der Waals surface area contributed by atoms with Crippen LogP contribution in [-0.4, -0.2) is 13.2 Å². The highest BCUT2D eigenvalue weighted by atomic mass is 35.7. The Hall–Kier alpha value is 0.640. The van der Waals surface area contributed by atoms with Crippen molar-refractivity contribution in [2.75, 3.05) is 13.2 Å². The van der Waals surface area contributed by atoms with Crippen LogP contribution in [0.1, 0.15) is 0 Å². The molecule has 0 spiro atoms. The molecule has 6 heavy (non-hydrogen) atoms. The molecule has 1 atom stereocenters. The molecule has 2 nitrogen and oxygen atoms in total. The SMILES string of the molecule is ClP1NCCO1. The second-order valence-electron chi connectivity index (χ2n) is 0.986. The van der Waals surface area contributed by atoms with Crippen LogP contribution in [0.4, 0.5) is 0 Å². The van der Waals surface area contributed by atoms with Crippen LogP contribution in [0, 0.1) is 0 Å². The van der Waals surface area contributed by atoms with E-state index in [0.717, 1.165) is 13.2 Å². The summed E-state index contributed by atoms with van der Waals surface area (Å²) in [4.78, 5) is 0. The van der Waals surface area contributed by atoms with Gasteiger partial charge in [0, 0.05) is 6.54 Å². The van der Waals surface area contributed by atoms with Crippen LogP contribution in [0.3, 0.4) is 0 Å². The van der Waals surface area contributed by atoms with Gasteiger partial charge >= 0.3 is 0 Å². The number of halogens is 1. The van der Waals surface area contributed by atoms with E-state index in [-0.39, 0.29) is 0 Å². The van der Waals surface area contributed by atoms with Gasteiger partial charge in [-0.05, 0) is 11.2 Å². The maximum atomic E-state index is 5.44. The summed E-state index contributed by atoms with van der Waals surface area (Å²) in [7, 11) is -0.743. The molecule has 0 amide bonds. The van der Waals surface area contributed by atoms with Gasteiger partial charge in [0.25, 0.3) is 0 Å². The van der Waals surface area contributed by atoms with Gasteiger partial charge in [-0.15, -0.1) is 0 Å². The first-order chi connectivity index (χ1) is 2.89. The first kappa shape index (κ1) is 4.79. The van der Waals surface area contributed by atoms with Crippen molar-refractivity contribution in [1.29, 1.82) is 0 Å². The van der Waals surface area contributed by atoms with E-state index in [4.69, 9.17) is 15.8 Å². The number of nitrogens with one attached hydrogen (secondary N) is 1. The Bertz CT molecular complexity index is 46.8. The van der Waals surface area contributed by atoms with Gasteiger partial charge in [-0.25, -0.2) is 0 Å². The summed E-state index contributed by atoms with van der Waals surface area (Å²) in [6, 6.07) is 0. The summed E-state index contributed by atoms with van der Waals surface area (Å²) in [5.74, 6) is 0. The maximum absolute atomic E-state index is 5.44. The Morgan fingerprint density at radius 3 is 2.83 bits per heavy atom. The van der Waals surface area contributed by atoms with E-state index >= 15 is 0 Å². The highest BCUT2D eigenvalue weighted by Crippen LogP contribution is 2.40. The van der Waals surface area contributed by atoms with E-state index in [9.17, 15) is 0 Å². The number of hydrogen-bond acceptors (Lipinski definition) is 2. The van der Waals surface area contributed by atoms with Crippen LogP contribution in [0.5, 0.6) is 0 Å². The average Bonchev–Trinajstić information content (AvgIpc) is 1.86. The van der Waals surface area contributed by atoms with E-state index in [2.05, 4.69) is 5.09 Å². The third-order valence-electron chi connectivity index (χ3n) is 0.543. The molecule has 1 aliphatic rings. The zero-order valence-electron chi connectivity index (χ0n) is 3.15. The van der Waals surface area contributed by atoms with Crippen molar-refractivity contribution in [3.63, 3.8) is 0 Å². The highest BCUT2D eigenvalue weighted by Gasteiger charge is 2.09. The molecule has 1 heterocycles. The Morgan fingerprint density at radius 2 is 2.67 bits per heavy atom. The smallest absolute Gasteiger partial charge is 0.204 e. The van der Waals surface area contributed by atoms with Crippen molar-refractivity contribution >= 4 is 18.9 Å². The van der Waals surface area contributed by atoms with Crippen molar-refractivity contribution < 1.29 is 4.52 Å². The topological polar surface area (TPSA) is 21.3 Å². The minimum Gasteiger partial charge on any atom is -0.330 e. The van der Waals surface area contributed by atoms with Crippen LogP contribution in [-0.2, 0) is 4.52 Å². The molecule has 0 saturated carbocycles. The largest absolute Gasteiger partial charge is 0.330 e. The van der Waals surface area contributed by atoms with Gasteiger partial charge in [0.2, 0.25) is 7.65 Å². The number of rotatable bonds is 0. The van der Waals surface area contributed by atoms with Crippen LogP contribution in [0.25, 0.3) is 0 Å². The quantitative estimate of drug-likeness (QED) is 0.489. The Morgan fingerprint density at radius 1 is 1.83 bits per heavy atom. The predicted molar refractivity (Wildman–Crippen MR) is 26.7 cm³/mol. The molecule has 0 aromatic carbocycles. The highest BCUT2D eigenvalue weighted by molar-refractivity contribution is 7.78. The Kier molecular flexibility index (Phi) is 1.66. The van der Waals surface area contributed by atoms with Crippen LogP contribution >= 0.6 is 18.9 Å². The van der Waals surface area contributed by atoms with Gasteiger partial charge in [0.1, 0.15) is 0 Å². The number of hydrogen-bond donors (Lipinski definition) is 1. The van der Waals surface area contributed by atoms with Crippen LogP contribution < -0.4 is 5.09 Å². The van der Waals surface area contributed by atoms with Crippen molar-refractivity contribution in [2.45, 2.75) is 0 Å². The Labute approximate surface area is 42.5 Å². The normalized spacial score (nSPS) is 34.5. The second kappa shape index (κ2) is 2.08. The molecule has 1 N–H and O–H groups in total.